The largest absolute Gasteiger partial charge is 0.373 e. The van der Waals surface area contributed by atoms with Crippen LogP contribution in [0.2, 0.25) is 0 Å². The lowest BCUT2D eigenvalue weighted by Gasteiger charge is -2.06. The smallest absolute Gasteiger partial charge is 0.101 e. The molecule has 1 aliphatic rings. The minimum absolute atomic E-state index is 0.141. The number of hydrogen-bond acceptors (Lipinski definition) is 1. The van der Waals surface area contributed by atoms with E-state index in [4.69, 9.17) is 4.74 Å². The highest BCUT2D eigenvalue weighted by Gasteiger charge is 2.14. The van der Waals surface area contributed by atoms with Crippen molar-refractivity contribution in [1.82, 2.24) is 0 Å². The summed E-state index contributed by atoms with van der Waals surface area (Å²) in [6.45, 7) is 0. The second-order valence-electron chi connectivity index (χ2n) is 2.55. The van der Waals surface area contributed by atoms with Crippen LogP contribution in [0.25, 0.3) is 6.08 Å². The van der Waals surface area contributed by atoms with Crippen LogP contribution in [0.3, 0.4) is 0 Å². The lowest BCUT2D eigenvalue weighted by Crippen LogP contribution is -1.94. The van der Waals surface area contributed by atoms with Gasteiger partial charge in [0.25, 0.3) is 0 Å². The van der Waals surface area contributed by atoms with Crippen molar-refractivity contribution in [3.8, 4) is 0 Å². The Morgan fingerprint density at radius 2 is 2.45 bits per heavy atom. The maximum Gasteiger partial charge on any atom is 0.101 e. The van der Waals surface area contributed by atoms with Gasteiger partial charge in [0.1, 0.15) is 6.10 Å². The fourth-order valence-electron chi connectivity index (χ4n) is 1.35. The molecule has 0 saturated carbocycles. The van der Waals surface area contributed by atoms with E-state index in [0.717, 1.165) is 5.56 Å². The van der Waals surface area contributed by atoms with Crippen molar-refractivity contribution in [2.45, 2.75) is 6.10 Å². The molecule has 55 valence electrons. The number of hydrogen-bond donors (Lipinski definition) is 0. The van der Waals surface area contributed by atoms with Gasteiger partial charge in [0, 0.05) is 7.11 Å². The highest BCUT2D eigenvalue weighted by molar-refractivity contribution is 5.60. The van der Waals surface area contributed by atoms with E-state index < -0.39 is 0 Å². The predicted molar refractivity (Wildman–Crippen MR) is 44.1 cm³/mol. The molecule has 0 aromatic heterocycles. The molecule has 1 heteroatoms. The lowest BCUT2D eigenvalue weighted by molar-refractivity contribution is 0.145. The summed E-state index contributed by atoms with van der Waals surface area (Å²) in [6.07, 6.45) is 4.23. The Morgan fingerprint density at radius 3 is 3.27 bits per heavy atom. The van der Waals surface area contributed by atoms with E-state index in [1.54, 1.807) is 7.11 Å². The molecule has 2 rings (SSSR count). The zero-order valence-corrected chi connectivity index (χ0v) is 6.37. The van der Waals surface area contributed by atoms with Gasteiger partial charge in [-0.1, -0.05) is 30.4 Å². The quantitative estimate of drug-likeness (QED) is 0.588. The third-order valence-electron chi connectivity index (χ3n) is 1.92. The molecule has 0 N–H and O–H groups in total. The summed E-state index contributed by atoms with van der Waals surface area (Å²) >= 11 is 0. The van der Waals surface area contributed by atoms with Crippen LogP contribution in [0.5, 0.6) is 0 Å². The van der Waals surface area contributed by atoms with E-state index in [-0.39, 0.29) is 6.10 Å². The summed E-state index contributed by atoms with van der Waals surface area (Å²) in [5.41, 5.74) is 2.37. The molecular formula is C10H9O. The summed E-state index contributed by atoms with van der Waals surface area (Å²) < 4.78 is 5.23. The van der Waals surface area contributed by atoms with Crippen LogP contribution in [0.1, 0.15) is 17.2 Å². The molecule has 0 amide bonds. The Morgan fingerprint density at radius 1 is 1.55 bits per heavy atom. The third-order valence-corrected chi connectivity index (χ3v) is 1.92. The van der Waals surface area contributed by atoms with Crippen LogP contribution in [0.15, 0.2) is 24.3 Å². The van der Waals surface area contributed by atoms with Crippen molar-refractivity contribution in [3.05, 3.63) is 41.5 Å². The molecule has 0 spiro atoms. The third kappa shape index (κ3) is 0.976. The second kappa shape index (κ2) is 2.51. The first kappa shape index (κ1) is 6.62. The number of fused-ring (bicyclic) bond motifs is 1. The first-order valence-corrected chi connectivity index (χ1v) is 3.63. The Bertz CT molecular complexity index is 289. The zero-order chi connectivity index (χ0) is 7.68. The summed E-state index contributed by atoms with van der Waals surface area (Å²) in [7, 11) is 1.72. The van der Waals surface area contributed by atoms with Gasteiger partial charge in [-0.25, -0.2) is 0 Å². The average Bonchev–Trinajstić information content (AvgIpc) is 2.47. The summed E-state index contributed by atoms with van der Waals surface area (Å²) in [6, 6.07) is 9.12. The van der Waals surface area contributed by atoms with Gasteiger partial charge >= 0.3 is 0 Å². The molecule has 1 atom stereocenters. The molecule has 1 unspecified atom stereocenters. The minimum atomic E-state index is 0.141. The van der Waals surface area contributed by atoms with Crippen LogP contribution in [0, 0.1) is 6.07 Å². The molecule has 1 aromatic rings. The van der Waals surface area contributed by atoms with Gasteiger partial charge in [-0.2, -0.15) is 0 Å². The van der Waals surface area contributed by atoms with Crippen molar-refractivity contribution >= 4 is 6.08 Å². The molecule has 0 saturated heterocycles. The highest BCUT2D eigenvalue weighted by Crippen LogP contribution is 2.29. The summed E-state index contributed by atoms with van der Waals surface area (Å²) in [5, 5.41) is 0. The maximum atomic E-state index is 5.23. The lowest BCUT2D eigenvalue weighted by atomic mass is 10.1. The molecule has 1 aromatic carbocycles. The van der Waals surface area contributed by atoms with Crippen LogP contribution in [0.4, 0.5) is 0 Å². The fourth-order valence-corrected chi connectivity index (χ4v) is 1.35. The summed E-state index contributed by atoms with van der Waals surface area (Å²) in [5.74, 6) is 0. The average molecular weight is 145 g/mol. The van der Waals surface area contributed by atoms with E-state index >= 15 is 0 Å². The molecule has 1 radical (unpaired) electrons. The van der Waals surface area contributed by atoms with Gasteiger partial charge in [0.15, 0.2) is 0 Å². The van der Waals surface area contributed by atoms with Crippen LogP contribution < -0.4 is 0 Å². The van der Waals surface area contributed by atoms with Gasteiger partial charge in [0.2, 0.25) is 0 Å². The summed E-state index contributed by atoms with van der Waals surface area (Å²) in [4.78, 5) is 0. The standard InChI is InChI=1S/C10H9O/c1-11-10-7-6-8-4-2-3-5-9(8)10/h2-3,5-7,10H,1H3. The van der Waals surface area contributed by atoms with E-state index in [0.29, 0.717) is 0 Å². The Labute approximate surface area is 66.3 Å². The number of methoxy groups -OCH3 is 1. The first-order valence-electron chi connectivity index (χ1n) is 3.63. The topological polar surface area (TPSA) is 9.23 Å². The Hall–Kier alpha value is -1.08. The molecular weight excluding hydrogens is 136 g/mol. The van der Waals surface area contributed by atoms with Gasteiger partial charge in [-0.15, -0.1) is 0 Å². The molecule has 0 fully saturated rings. The molecule has 0 bridgehead atoms. The van der Waals surface area contributed by atoms with Crippen molar-refractivity contribution in [2.24, 2.45) is 0 Å². The van der Waals surface area contributed by atoms with Crippen molar-refractivity contribution in [1.29, 1.82) is 0 Å². The van der Waals surface area contributed by atoms with Gasteiger partial charge in [0.05, 0.1) is 0 Å². The molecule has 1 aliphatic carbocycles. The maximum absolute atomic E-state index is 5.23. The first-order chi connectivity index (χ1) is 5.42. The molecule has 0 heterocycles. The monoisotopic (exact) mass is 145 g/mol. The van der Waals surface area contributed by atoms with E-state index in [1.807, 2.05) is 24.3 Å². The SMILES string of the molecule is COC1C=Cc2[c]cccc21. The highest BCUT2D eigenvalue weighted by atomic mass is 16.5. The molecule has 0 aliphatic heterocycles. The van der Waals surface area contributed by atoms with E-state index in [1.165, 1.54) is 5.56 Å². The van der Waals surface area contributed by atoms with Crippen molar-refractivity contribution in [2.75, 3.05) is 7.11 Å². The second-order valence-corrected chi connectivity index (χ2v) is 2.55. The number of benzene rings is 1. The molecule has 1 nitrogen and oxygen atoms in total. The van der Waals surface area contributed by atoms with Crippen LogP contribution >= 0.6 is 0 Å². The van der Waals surface area contributed by atoms with Gasteiger partial charge in [-0.3, -0.25) is 0 Å². The number of rotatable bonds is 1. The normalized spacial score (nSPS) is 20.3. The Kier molecular flexibility index (Phi) is 1.51. The van der Waals surface area contributed by atoms with Crippen molar-refractivity contribution in [3.63, 3.8) is 0 Å². The van der Waals surface area contributed by atoms with Crippen molar-refractivity contribution < 1.29 is 4.74 Å². The van der Waals surface area contributed by atoms with E-state index in [2.05, 4.69) is 12.1 Å². The van der Waals surface area contributed by atoms with Crippen LogP contribution in [-0.2, 0) is 4.74 Å². The van der Waals surface area contributed by atoms with Gasteiger partial charge < -0.3 is 4.74 Å². The Balaban J connectivity index is 2.46. The predicted octanol–water partition coefficient (Wildman–Crippen LogP) is 2.20. The fraction of sp³-hybridized carbons (Fsp3) is 0.200. The van der Waals surface area contributed by atoms with E-state index in [9.17, 15) is 0 Å². The minimum Gasteiger partial charge on any atom is -0.373 e. The number of ether oxygens (including phenoxy) is 1. The van der Waals surface area contributed by atoms with Gasteiger partial charge in [-0.05, 0) is 17.2 Å². The molecule has 11 heavy (non-hydrogen) atoms. The van der Waals surface area contributed by atoms with Crippen LogP contribution in [-0.4, -0.2) is 7.11 Å². The zero-order valence-electron chi connectivity index (χ0n) is 6.37.